The number of aromatic nitrogens is 3. The zero-order valence-electron chi connectivity index (χ0n) is 16.6. The molecule has 7 nitrogen and oxygen atoms in total. The van der Waals surface area contributed by atoms with Crippen molar-refractivity contribution in [2.45, 2.75) is 44.5 Å². The van der Waals surface area contributed by atoms with E-state index in [0.717, 1.165) is 32.5 Å². The topological polar surface area (TPSA) is 72.4 Å². The van der Waals surface area contributed by atoms with Crippen LogP contribution in [0, 0.1) is 0 Å². The van der Waals surface area contributed by atoms with Gasteiger partial charge in [0.25, 0.3) is 0 Å². The molecule has 1 atom stereocenters. The molecule has 160 valence electrons. The number of rotatable bonds is 8. The Morgan fingerprint density at radius 2 is 2.03 bits per heavy atom. The molecule has 1 aliphatic rings. The van der Waals surface area contributed by atoms with E-state index in [4.69, 9.17) is 9.47 Å². The highest BCUT2D eigenvalue weighted by molar-refractivity contribution is 5.83. The van der Waals surface area contributed by atoms with Crippen molar-refractivity contribution < 1.29 is 22.6 Å². The number of hydrogen-bond donors (Lipinski definition) is 1. The third-order valence-electron chi connectivity index (χ3n) is 4.81. The third kappa shape index (κ3) is 6.40. The van der Waals surface area contributed by atoms with Gasteiger partial charge in [0.2, 0.25) is 11.8 Å². The summed E-state index contributed by atoms with van der Waals surface area (Å²) in [6.07, 6.45) is -0.247. The molecule has 0 spiro atoms. The van der Waals surface area contributed by atoms with Gasteiger partial charge in [0.05, 0.1) is 23.9 Å². The highest BCUT2D eigenvalue weighted by atomic mass is 19.4. The van der Waals surface area contributed by atoms with Gasteiger partial charge in [-0.2, -0.15) is 13.2 Å². The molecule has 3 rings (SSSR count). The van der Waals surface area contributed by atoms with E-state index in [1.807, 2.05) is 0 Å². The monoisotopic (exact) mass is 413 g/mol. The van der Waals surface area contributed by atoms with E-state index in [0.29, 0.717) is 23.4 Å². The van der Waals surface area contributed by atoms with Crippen LogP contribution in [0.4, 0.5) is 19.1 Å². The molecule has 2 aromatic heterocycles. The second-order valence-electron chi connectivity index (χ2n) is 7.26. The molecule has 0 bridgehead atoms. The summed E-state index contributed by atoms with van der Waals surface area (Å²) in [6.45, 7) is 4.93. The first kappa shape index (κ1) is 21.5. The van der Waals surface area contributed by atoms with Gasteiger partial charge >= 0.3 is 6.18 Å². The van der Waals surface area contributed by atoms with Gasteiger partial charge in [-0.25, -0.2) is 15.0 Å². The summed E-state index contributed by atoms with van der Waals surface area (Å²) < 4.78 is 48.7. The summed E-state index contributed by atoms with van der Waals surface area (Å²) in [7, 11) is 1.70. The number of anilines is 1. The van der Waals surface area contributed by atoms with Crippen molar-refractivity contribution >= 4 is 16.9 Å². The number of piperidine rings is 1. The Bertz CT molecular complexity index is 797. The summed E-state index contributed by atoms with van der Waals surface area (Å²) in [6, 6.07) is 0.866. The molecular weight excluding hydrogens is 387 g/mol. The van der Waals surface area contributed by atoms with Crippen molar-refractivity contribution in [2.75, 3.05) is 38.7 Å². The van der Waals surface area contributed by atoms with Crippen LogP contribution in [0.1, 0.15) is 26.2 Å². The van der Waals surface area contributed by atoms with Crippen LogP contribution in [-0.2, 0) is 4.74 Å². The molecule has 1 unspecified atom stereocenters. The third-order valence-corrected chi connectivity index (χ3v) is 4.81. The predicted molar refractivity (Wildman–Crippen MR) is 103 cm³/mol. The average molecular weight is 413 g/mol. The molecule has 3 heterocycles. The maximum absolute atomic E-state index is 12.5. The Labute approximate surface area is 167 Å². The molecule has 0 radical (unpaired) electrons. The molecule has 0 saturated carbocycles. The number of methoxy groups -OCH3 is 1. The minimum Gasteiger partial charge on any atom is -0.474 e. The molecule has 29 heavy (non-hydrogen) atoms. The number of fused-ring (bicyclic) bond motifs is 1. The van der Waals surface area contributed by atoms with Gasteiger partial charge in [-0.15, -0.1) is 0 Å². The summed E-state index contributed by atoms with van der Waals surface area (Å²) in [5.74, 6) is 0.602. The van der Waals surface area contributed by atoms with Gasteiger partial charge in [-0.3, -0.25) is 0 Å². The van der Waals surface area contributed by atoms with Crippen LogP contribution in [0.2, 0.25) is 0 Å². The lowest BCUT2D eigenvalue weighted by atomic mass is 10.1. The Morgan fingerprint density at radius 3 is 2.72 bits per heavy atom. The number of halogens is 3. The summed E-state index contributed by atoms with van der Waals surface area (Å²) in [5, 5.41) is 3.34. The van der Waals surface area contributed by atoms with Crippen molar-refractivity contribution in [1.82, 2.24) is 19.9 Å². The molecular formula is C19H26F3N5O2. The van der Waals surface area contributed by atoms with E-state index in [-0.39, 0.29) is 12.1 Å². The van der Waals surface area contributed by atoms with Crippen molar-refractivity contribution in [2.24, 2.45) is 0 Å². The summed E-state index contributed by atoms with van der Waals surface area (Å²) in [4.78, 5) is 15.1. The fraction of sp³-hybridized carbons (Fsp3) is 0.632. The van der Waals surface area contributed by atoms with Crippen molar-refractivity contribution in [1.29, 1.82) is 0 Å². The quantitative estimate of drug-likeness (QED) is 0.712. The van der Waals surface area contributed by atoms with Crippen LogP contribution in [0.5, 0.6) is 5.88 Å². The van der Waals surface area contributed by atoms with Gasteiger partial charge < -0.3 is 19.7 Å². The Hall–Kier alpha value is -2.20. The molecule has 1 aliphatic heterocycles. The number of nitrogens with zero attached hydrogens (tertiary/aromatic N) is 4. The van der Waals surface area contributed by atoms with Crippen molar-refractivity contribution in [3.8, 4) is 5.88 Å². The maximum atomic E-state index is 12.5. The largest absolute Gasteiger partial charge is 0.474 e. The van der Waals surface area contributed by atoms with Crippen molar-refractivity contribution in [3.63, 3.8) is 0 Å². The van der Waals surface area contributed by atoms with Gasteiger partial charge in [-0.1, -0.05) is 0 Å². The number of hydrogen-bond acceptors (Lipinski definition) is 7. The predicted octanol–water partition coefficient (Wildman–Crippen LogP) is 3.27. The SMILES string of the molecule is COCCN1CCC(Oc2nccc3nc(NC(C)CC(F)(F)F)ncc23)CC1. The van der Waals surface area contributed by atoms with Gasteiger partial charge in [0.15, 0.2) is 0 Å². The van der Waals surface area contributed by atoms with E-state index in [1.54, 1.807) is 25.6 Å². The smallest absolute Gasteiger partial charge is 0.391 e. The van der Waals surface area contributed by atoms with Gasteiger partial charge in [0, 0.05) is 45.2 Å². The molecule has 0 aliphatic carbocycles. The molecule has 1 saturated heterocycles. The minimum absolute atomic E-state index is 0.0523. The highest BCUT2D eigenvalue weighted by Crippen LogP contribution is 2.26. The van der Waals surface area contributed by atoms with Gasteiger partial charge in [-0.05, 0) is 25.8 Å². The van der Waals surface area contributed by atoms with E-state index >= 15 is 0 Å². The zero-order chi connectivity index (χ0) is 20.9. The number of likely N-dealkylation sites (tertiary alicyclic amines) is 1. The highest BCUT2D eigenvalue weighted by Gasteiger charge is 2.30. The first-order valence-electron chi connectivity index (χ1n) is 9.67. The van der Waals surface area contributed by atoms with E-state index in [1.165, 1.54) is 6.92 Å². The van der Waals surface area contributed by atoms with E-state index in [9.17, 15) is 13.2 Å². The fourth-order valence-corrected chi connectivity index (χ4v) is 3.34. The molecule has 2 aromatic rings. The maximum Gasteiger partial charge on any atom is 0.391 e. The molecule has 0 aromatic carbocycles. The van der Waals surface area contributed by atoms with E-state index < -0.39 is 18.6 Å². The first-order chi connectivity index (χ1) is 13.8. The zero-order valence-corrected chi connectivity index (χ0v) is 16.6. The second-order valence-corrected chi connectivity index (χ2v) is 7.26. The van der Waals surface area contributed by atoms with Crippen LogP contribution < -0.4 is 10.1 Å². The normalized spacial score (nSPS) is 17.4. The van der Waals surface area contributed by atoms with Gasteiger partial charge in [0.1, 0.15) is 6.10 Å². The van der Waals surface area contributed by atoms with E-state index in [2.05, 4.69) is 25.2 Å². The lowest BCUT2D eigenvalue weighted by molar-refractivity contribution is -0.136. The Kier molecular flexibility index (Phi) is 7.07. The van der Waals surface area contributed by atoms with Crippen molar-refractivity contribution in [3.05, 3.63) is 18.5 Å². The fourth-order valence-electron chi connectivity index (χ4n) is 3.34. The van der Waals surface area contributed by atoms with Crippen LogP contribution in [0.15, 0.2) is 18.5 Å². The average Bonchev–Trinajstić information content (AvgIpc) is 2.66. The lowest BCUT2D eigenvalue weighted by Gasteiger charge is -2.31. The number of ether oxygens (including phenoxy) is 2. The molecule has 0 amide bonds. The molecule has 1 fully saturated rings. The van der Waals surface area contributed by atoms with Crippen LogP contribution in [0.3, 0.4) is 0 Å². The number of alkyl halides is 3. The standard InChI is InChI=1S/C19H26F3N5O2/c1-13(11-19(20,21)22)25-18-24-12-15-16(26-18)3-6-23-17(15)29-14-4-7-27(8-5-14)9-10-28-2/h3,6,12-14H,4-5,7-11H2,1-2H3,(H,24,25,26). The summed E-state index contributed by atoms with van der Waals surface area (Å²) in [5.41, 5.74) is 0.573. The molecule has 1 N–H and O–H groups in total. The minimum atomic E-state index is -4.24. The van der Waals surface area contributed by atoms with Crippen LogP contribution in [0.25, 0.3) is 10.9 Å². The molecule has 10 heteroatoms. The van der Waals surface area contributed by atoms with Crippen LogP contribution in [-0.4, -0.2) is 71.5 Å². The lowest BCUT2D eigenvalue weighted by Crippen LogP contribution is -2.39. The Balaban J connectivity index is 1.63. The second kappa shape index (κ2) is 9.53. The number of pyridine rings is 1. The summed E-state index contributed by atoms with van der Waals surface area (Å²) >= 11 is 0. The first-order valence-corrected chi connectivity index (χ1v) is 9.67. The Morgan fingerprint density at radius 1 is 1.28 bits per heavy atom. The van der Waals surface area contributed by atoms with Crippen LogP contribution >= 0.6 is 0 Å². The number of nitrogens with one attached hydrogen (secondary N) is 1.